The van der Waals surface area contributed by atoms with Crippen molar-refractivity contribution >= 4 is 22.9 Å². The number of carbonyl (C=O) groups is 1. The third-order valence-electron chi connectivity index (χ3n) is 3.37. The molecule has 0 aliphatic heterocycles. The SMILES string of the molecule is O=C(Nc1ccc(-n2nccn2)cc1)c1cc(-c2cccs2)[nH]n1. The molecule has 4 aromatic rings. The van der Waals surface area contributed by atoms with Crippen LogP contribution in [-0.2, 0) is 0 Å². The molecular formula is C16H12N6OS. The lowest BCUT2D eigenvalue weighted by molar-refractivity contribution is 0.102. The van der Waals surface area contributed by atoms with E-state index in [9.17, 15) is 4.79 Å². The van der Waals surface area contributed by atoms with Crippen LogP contribution in [0.3, 0.4) is 0 Å². The number of aromatic amines is 1. The molecule has 3 aromatic heterocycles. The summed E-state index contributed by atoms with van der Waals surface area (Å²) in [4.78, 5) is 14.8. The van der Waals surface area contributed by atoms with Crippen molar-refractivity contribution in [2.75, 3.05) is 5.32 Å². The lowest BCUT2D eigenvalue weighted by Crippen LogP contribution is -2.12. The highest BCUT2D eigenvalue weighted by atomic mass is 32.1. The number of carbonyl (C=O) groups excluding carboxylic acids is 1. The van der Waals surface area contributed by atoms with Gasteiger partial charge in [-0.2, -0.15) is 20.1 Å². The standard InChI is InChI=1S/C16H12N6OS/c23-16(14-10-13(20-21-14)15-2-1-9-24-15)19-11-3-5-12(6-4-11)22-17-7-8-18-22/h1-10H,(H,19,23)(H,20,21). The fraction of sp³-hybridized carbons (Fsp3) is 0. The fourth-order valence-corrected chi connectivity index (χ4v) is 2.91. The average Bonchev–Trinajstić information content (AvgIpc) is 3.35. The molecule has 24 heavy (non-hydrogen) atoms. The van der Waals surface area contributed by atoms with E-state index >= 15 is 0 Å². The number of nitrogens with one attached hydrogen (secondary N) is 2. The maximum Gasteiger partial charge on any atom is 0.276 e. The molecule has 0 unspecified atom stereocenters. The van der Waals surface area contributed by atoms with Gasteiger partial charge in [0, 0.05) is 5.69 Å². The molecule has 0 bridgehead atoms. The summed E-state index contributed by atoms with van der Waals surface area (Å²) in [6, 6.07) is 12.9. The van der Waals surface area contributed by atoms with Crippen molar-refractivity contribution in [1.29, 1.82) is 0 Å². The molecule has 7 nitrogen and oxygen atoms in total. The number of benzene rings is 1. The molecule has 0 saturated heterocycles. The normalized spacial score (nSPS) is 10.7. The Kier molecular flexibility index (Phi) is 3.64. The van der Waals surface area contributed by atoms with E-state index in [2.05, 4.69) is 25.7 Å². The van der Waals surface area contributed by atoms with E-state index in [-0.39, 0.29) is 5.91 Å². The highest BCUT2D eigenvalue weighted by Crippen LogP contribution is 2.23. The van der Waals surface area contributed by atoms with Crippen LogP contribution in [0.1, 0.15) is 10.5 Å². The van der Waals surface area contributed by atoms with Crippen molar-refractivity contribution < 1.29 is 4.79 Å². The first-order valence-corrected chi connectivity index (χ1v) is 8.05. The van der Waals surface area contributed by atoms with E-state index < -0.39 is 0 Å². The van der Waals surface area contributed by atoms with Crippen LogP contribution in [0.15, 0.2) is 60.2 Å². The quantitative estimate of drug-likeness (QED) is 0.600. The van der Waals surface area contributed by atoms with Crippen LogP contribution in [0.25, 0.3) is 16.3 Å². The Balaban J connectivity index is 1.48. The van der Waals surface area contributed by atoms with Crippen LogP contribution in [0.2, 0.25) is 0 Å². The largest absolute Gasteiger partial charge is 0.321 e. The number of amides is 1. The zero-order valence-electron chi connectivity index (χ0n) is 12.4. The number of nitrogens with zero attached hydrogens (tertiary/aromatic N) is 4. The third kappa shape index (κ3) is 2.82. The first-order chi connectivity index (χ1) is 11.8. The minimum atomic E-state index is -0.265. The van der Waals surface area contributed by atoms with Crippen LogP contribution in [-0.4, -0.2) is 31.1 Å². The van der Waals surface area contributed by atoms with Crippen molar-refractivity contribution in [3.63, 3.8) is 0 Å². The Morgan fingerprint density at radius 3 is 2.62 bits per heavy atom. The highest BCUT2D eigenvalue weighted by molar-refractivity contribution is 7.13. The fourth-order valence-electron chi connectivity index (χ4n) is 2.22. The van der Waals surface area contributed by atoms with E-state index in [4.69, 9.17) is 0 Å². The summed E-state index contributed by atoms with van der Waals surface area (Å²) in [7, 11) is 0. The number of hydrogen-bond donors (Lipinski definition) is 2. The maximum atomic E-state index is 12.3. The topological polar surface area (TPSA) is 88.5 Å². The number of hydrogen-bond acceptors (Lipinski definition) is 5. The van der Waals surface area contributed by atoms with Crippen LogP contribution < -0.4 is 5.32 Å². The lowest BCUT2D eigenvalue weighted by atomic mass is 10.2. The molecule has 0 aliphatic rings. The van der Waals surface area contributed by atoms with Gasteiger partial charge in [0.05, 0.1) is 28.7 Å². The van der Waals surface area contributed by atoms with Gasteiger partial charge in [-0.3, -0.25) is 9.89 Å². The van der Waals surface area contributed by atoms with Crippen molar-refractivity contribution in [3.05, 3.63) is 65.9 Å². The smallest absolute Gasteiger partial charge is 0.276 e. The van der Waals surface area contributed by atoms with E-state index in [0.717, 1.165) is 16.3 Å². The van der Waals surface area contributed by atoms with Gasteiger partial charge >= 0.3 is 0 Å². The molecule has 0 spiro atoms. The van der Waals surface area contributed by atoms with Crippen LogP contribution >= 0.6 is 11.3 Å². The van der Waals surface area contributed by atoms with Gasteiger partial charge < -0.3 is 5.32 Å². The van der Waals surface area contributed by atoms with Gasteiger partial charge in [-0.25, -0.2) is 0 Å². The van der Waals surface area contributed by atoms with Gasteiger partial charge in [0.2, 0.25) is 0 Å². The van der Waals surface area contributed by atoms with Gasteiger partial charge in [0.15, 0.2) is 5.69 Å². The zero-order chi connectivity index (χ0) is 16.4. The molecule has 1 aromatic carbocycles. The molecule has 3 heterocycles. The number of anilines is 1. The molecule has 0 fully saturated rings. The Morgan fingerprint density at radius 1 is 1.12 bits per heavy atom. The molecule has 8 heteroatoms. The Bertz CT molecular complexity index is 941. The summed E-state index contributed by atoms with van der Waals surface area (Å²) in [6.07, 6.45) is 3.22. The number of H-pyrrole nitrogens is 1. The molecule has 1 amide bonds. The first kappa shape index (κ1) is 14.3. The summed E-state index contributed by atoms with van der Waals surface area (Å²) in [5.74, 6) is -0.265. The molecule has 0 radical (unpaired) electrons. The van der Waals surface area contributed by atoms with Crippen molar-refractivity contribution in [2.24, 2.45) is 0 Å². The van der Waals surface area contributed by atoms with Crippen molar-refractivity contribution in [3.8, 4) is 16.3 Å². The van der Waals surface area contributed by atoms with Gasteiger partial charge in [0.1, 0.15) is 0 Å². The summed E-state index contributed by atoms with van der Waals surface area (Å²) in [5.41, 5.74) is 2.67. The van der Waals surface area contributed by atoms with Crippen LogP contribution in [0.4, 0.5) is 5.69 Å². The average molecular weight is 336 g/mol. The maximum absolute atomic E-state index is 12.3. The molecule has 2 N–H and O–H groups in total. The second-order valence-electron chi connectivity index (χ2n) is 4.96. The first-order valence-electron chi connectivity index (χ1n) is 7.17. The van der Waals surface area contributed by atoms with Gasteiger partial charge in [-0.05, 0) is 41.8 Å². The molecule has 0 saturated carbocycles. The highest BCUT2D eigenvalue weighted by Gasteiger charge is 2.12. The van der Waals surface area contributed by atoms with Crippen LogP contribution in [0, 0.1) is 0 Å². The minimum Gasteiger partial charge on any atom is -0.321 e. The van der Waals surface area contributed by atoms with E-state index in [1.807, 2.05) is 29.6 Å². The van der Waals surface area contributed by atoms with Crippen LogP contribution in [0.5, 0.6) is 0 Å². The Hall–Kier alpha value is -3.26. The van der Waals surface area contributed by atoms with Crippen molar-refractivity contribution in [2.45, 2.75) is 0 Å². The molecule has 118 valence electrons. The predicted molar refractivity (Wildman–Crippen MR) is 91.2 cm³/mol. The van der Waals surface area contributed by atoms with Gasteiger partial charge in [-0.15, -0.1) is 11.3 Å². The van der Waals surface area contributed by atoms with E-state index in [1.54, 1.807) is 41.9 Å². The second kappa shape index (κ2) is 6.09. The van der Waals surface area contributed by atoms with E-state index in [0.29, 0.717) is 11.4 Å². The lowest BCUT2D eigenvalue weighted by Gasteiger charge is -2.04. The second-order valence-corrected chi connectivity index (χ2v) is 5.91. The Labute approximate surface area is 141 Å². The van der Waals surface area contributed by atoms with Gasteiger partial charge in [0.25, 0.3) is 5.91 Å². The number of thiophene rings is 1. The monoisotopic (exact) mass is 336 g/mol. The molecule has 0 atom stereocenters. The summed E-state index contributed by atoms with van der Waals surface area (Å²) in [6.45, 7) is 0. The van der Waals surface area contributed by atoms with E-state index in [1.165, 1.54) is 4.80 Å². The summed E-state index contributed by atoms with van der Waals surface area (Å²) >= 11 is 1.59. The molecular weight excluding hydrogens is 324 g/mol. The zero-order valence-corrected chi connectivity index (χ0v) is 13.2. The molecule has 4 rings (SSSR count). The summed E-state index contributed by atoms with van der Waals surface area (Å²) < 4.78 is 0. The number of rotatable bonds is 4. The minimum absolute atomic E-state index is 0.265. The third-order valence-corrected chi connectivity index (χ3v) is 4.28. The predicted octanol–water partition coefficient (Wildman–Crippen LogP) is 2.97. The Morgan fingerprint density at radius 2 is 1.92 bits per heavy atom. The molecule has 0 aliphatic carbocycles. The van der Waals surface area contributed by atoms with Gasteiger partial charge in [-0.1, -0.05) is 6.07 Å². The van der Waals surface area contributed by atoms with Crippen molar-refractivity contribution in [1.82, 2.24) is 25.2 Å². The number of aromatic nitrogens is 5. The summed E-state index contributed by atoms with van der Waals surface area (Å²) in [5, 5.41) is 19.9.